The van der Waals surface area contributed by atoms with Crippen LogP contribution in [-0.4, -0.2) is 30.7 Å². The fraction of sp³-hybridized carbons (Fsp3) is 1.00. The van der Waals surface area contributed by atoms with Gasteiger partial charge in [-0.25, -0.2) is 0 Å². The summed E-state index contributed by atoms with van der Waals surface area (Å²) in [6, 6.07) is 0. The third-order valence-electron chi connectivity index (χ3n) is 2.25. The highest BCUT2D eigenvalue weighted by molar-refractivity contribution is 4.77. The fourth-order valence-corrected chi connectivity index (χ4v) is 1.40. The Morgan fingerprint density at radius 3 is 2.15 bits per heavy atom. The van der Waals surface area contributed by atoms with Gasteiger partial charge in [-0.3, -0.25) is 0 Å². The summed E-state index contributed by atoms with van der Waals surface area (Å²) in [5.41, 5.74) is 0. The van der Waals surface area contributed by atoms with Crippen LogP contribution in [0.15, 0.2) is 0 Å². The third kappa shape index (κ3) is 4.07. The van der Waals surface area contributed by atoms with E-state index in [9.17, 15) is 5.11 Å². The van der Waals surface area contributed by atoms with Crippen molar-refractivity contribution in [3.05, 3.63) is 0 Å². The Kier molecular flexibility index (Phi) is 4.70. The van der Waals surface area contributed by atoms with Crippen LogP contribution in [0.3, 0.4) is 0 Å². The molecule has 0 amide bonds. The summed E-state index contributed by atoms with van der Waals surface area (Å²) in [7, 11) is 0. The molecule has 1 aliphatic carbocycles. The highest BCUT2D eigenvalue weighted by atomic mass is 16.7. The zero-order valence-electron chi connectivity index (χ0n) is 8.53. The van der Waals surface area contributed by atoms with Gasteiger partial charge in [-0.15, -0.1) is 0 Å². The second kappa shape index (κ2) is 5.58. The van der Waals surface area contributed by atoms with Crippen LogP contribution in [0.25, 0.3) is 0 Å². The van der Waals surface area contributed by atoms with Gasteiger partial charge in [0.1, 0.15) is 6.10 Å². The van der Waals surface area contributed by atoms with Gasteiger partial charge in [0.15, 0.2) is 6.29 Å². The third-order valence-corrected chi connectivity index (χ3v) is 2.25. The normalized spacial score (nSPS) is 19.4. The smallest absolute Gasteiger partial charge is 0.183 e. The first-order chi connectivity index (χ1) is 6.27. The molecule has 0 saturated heterocycles. The molecule has 0 aromatic carbocycles. The Bertz CT molecular complexity index is 128. The second-order valence-electron chi connectivity index (χ2n) is 3.53. The fourth-order valence-electron chi connectivity index (χ4n) is 1.40. The molecule has 1 unspecified atom stereocenters. The van der Waals surface area contributed by atoms with Gasteiger partial charge in [-0.05, 0) is 26.2 Å². The largest absolute Gasteiger partial charge is 0.388 e. The van der Waals surface area contributed by atoms with Crippen molar-refractivity contribution in [2.45, 2.75) is 45.5 Å². The molecule has 1 atom stereocenters. The van der Waals surface area contributed by atoms with Crippen molar-refractivity contribution < 1.29 is 14.6 Å². The lowest BCUT2D eigenvalue weighted by Gasteiger charge is -2.22. The van der Waals surface area contributed by atoms with Gasteiger partial charge in [-0.1, -0.05) is 12.8 Å². The highest BCUT2D eigenvalue weighted by Crippen LogP contribution is 2.34. The number of aliphatic hydroxyl groups is 1. The van der Waals surface area contributed by atoms with Crippen LogP contribution in [0.2, 0.25) is 0 Å². The Hall–Kier alpha value is -0.120. The molecular weight excluding hydrogens is 168 g/mol. The molecule has 3 nitrogen and oxygen atoms in total. The molecule has 78 valence electrons. The van der Waals surface area contributed by atoms with E-state index in [4.69, 9.17) is 9.47 Å². The maximum absolute atomic E-state index is 9.73. The predicted molar refractivity (Wildman–Crippen MR) is 50.4 cm³/mol. The van der Waals surface area contributed by atoms with E-state index in [-0.39, 0.29) is 0 Å². The molecular formula is C10H20O3. The summed E-state index contributed by atoms with van der Waals surface area (Å²) in [6.07, 6.45) is 2.46. The van der Waals surface area contributed by atoms with Gasteiger partial charge >= 0.3 is 0 Å². The van der Waals surface area contributed by atoms with Crippen LogP contribution in [0, 0.1) is 5.92 Å². The van der Waals surface area contributed by atoms with Crippen molar-refractivity contribution in [3.8, 4) is 0 Å². The summed E-state index contributed by atoms with van der Waals surface area (Å²) in [5, 5.41) is 9.73. The molecule has 0 spiro atoms. The van der Waals surface area contributed by atoms with Gasteiger partial charge in [0.2, 0.25) is 0 Å². The van der Waals surface area contributed by atoms with E-state index in [0.717, 1.165) is 6.42 Å². The number of aliphatic hydroxyl groups excluding tert-OH is 1. The maximum Gasteiger partial charge on any atom is 0.183 e. The van der Waals surface area contributed by atoms with Gasteiger partial charge < -0.3 is 14.6 Å². The minimum atomic E-state index is -0.451. The number of rotatable bonds is 7. The van der Waals surface area contributed by atoms with Crippen LogP contribution in [0.5, 0.6) is 0 Å². The average molecular weight is 188 g/mol. The van der Waals surface area contributed by atoms with Gasteiger partial charge in [0.05, 0.1) is 0 Å². The minimum Gasteiger partial charge on any atom is -0.388 e. The molecule has 0 radical (unpaired) electrons. The first-order valence-corrected chi connectivity index (χ1v) is 5.19. The molecule has 13 heavy (non-hydrogen) atoms. The van der Waals surface area contributed by atoms with E-state index in [1.54, 1.807) is 0 Å². The van der Waals surface area contributed by atoms with Crippen molar-refractivity contribution in [1.29, 1.82) is 0 Å². The first kappa shape index (κ1) is 11.0. The number of hydrogen-bond donors (Lipinski definition) is 1. The van der Waals surface area contributed by atoms with Gasteiger partial charge in [0, 0.05) is 13.2 Å². The minimum absolute atomic E-state index is 0.421. The van der Waals surface area contributed by atoms with Crippen LogP contribution < -0.4 is 0 Å². The maximum atomic E-state index is 9.73. The lowest BCUT2D eigenvalue weighted by atomic mass is 10.2. The molecule has 0 aliphatic heterocycles. The predicted octanol–water partition coefficient (Wildman–Crippen LogP) is 1.55. The summed E-state index contributed by atoms with van der Waals surface area (Å²) < 4.78 is 10.6. The van der Waals surface area contributed by atoms with Crippen LogP contribution in [0.4, 0.5) is 0 Å². The Morgan fingerprint density at radius 1 is 1.23 bits per heavy atom. The van der Waals surface area contributed by atoms with Crippen LogP contribution >= 0.6 is 0 Å². The SMILES string of the molecule is CCOC(OCC)C(O)CC1CC1. The van der Waals surface area contributed by atoms with Gasteiger partial charge in [0.25, 0.3) is 0 Å². The van der Waals surface area contributed by atoms with E-state index in [1.807, 2.05) is 13.8 Å². The summed E-state index contributed by atoms with van der Waals surface area (Å²) in [4.78, 5) is 0. The van der Waals surface area contributed by atoms with Crippen molar-refractivity contribution in [1.82, 2.24) is 0 Å². The van der Waals surface area contributed by atoms with Crippen molar-refractivity contribution >= 4 is 0 Å². The zero-order chi connectivity index (χ0) is 9.68. The quantitative estimate of drug-likeness (QED) is 0.616. The molecule has 0 bridgehead atoms. The molecule has 1 N–H and O–H groups in total. The second-order valence-corrected chi connectivity index (χ2v) is 3.53. The van der Waals surface area contributed by atoms with E-state index in [1.165, 1.54) is 12.8 Å². The summed E-state index contributed by atoms with van der Waals surface area (Å²) in [6.45, 7) is 5.00. The van der Waals surface area contributed by atoms with Crippen molar-refractivity contribution in [2.24, 2.45) is 5.92 Å². The molecule has 1 fully saturated rings. The summed E-state index contributed by atoms with van der Waals surface area (Å²) >= 11 is 0. The van der Waals surface area contributed by atoms with E-state index >= 15 is 0 Å². The standard InChI is InChI=1S/C10H20O3/c1-3-12-10(13-4-2)9(11)7-8-5-6-8/h8-11H,3-7H2,1-2H3. The monoisotopic (exact) mass is 188 g/mol. The van der Waals surface area contributed by atoms with Crippen molar-refractivity contribution in [2.75, 3.05) is 13.2 Å². The molecule has 1 saturated carbocycles. The number of hydrogen-bond acceptors (Lipinski definition) is 3. The molecule has 0 aromatic heterocycles. The Balaban J connectivity index is 2.22. The zero-order valence-corrected chi connectivity index (χ0v) is 8.53. The summed E-state index contributed by atoms with van der Waals surface area (Å²) in [5.74, 6) is 0.707. The lowest BCUT2D eigenvalue weighted by Crippen LogP contribution is -2.32. The van der Waals surface area contributed by atoms with E-state index < -0.39 is 12.4 Å². The lowest BCUT2D eigenvalue weighted by molar-refractivity contribution is -0.191. The molecule has 0 aromatic rings. The average Bonchev–Trinajstić information content (AvgIpc) is 2.88. The Labute approximate surface area is 80.0 Å². The topological polar surface area (TPSA) is 38.7 Å². The first-order valence-electron chi connectivity index (χ1n) is 5.19. The van der Waals surface area contributed by atoms with E-state index in [2.05, 4.69) is 0 Å². The Morgan fingerprint density at radius 2 is 1.77 bits per heavy atom. The molecule has 1 rings (SSSR count). The van der Waals surface area contributed by atoms with Crippen LogP contribution in [0.1, 0.15) is 33.1 Å². The molecule has 0 heterocycles. The molecule has 3 heteroatoms. The van der Waals surface area contributed by atoms with Crippen LogP contribution in [-0.2, 0) is 9.47 Å². The highest BCUT2D eigenvalue weighted by Gasteiger charge is 2.29. The van der Waals surface area contributed by atoms with Gasteiger partial charge in [-0.2, -0.15) is 0 Å². The van der Waals surface area contributed by atoms with Crippen molar-refractivity contribution in [3.63, 3.8) is 0 Å². The number of ether oxygens (including phenoxy) is 2. The molecule has 1 aliphatic rings. The van der Waals surface area contributed by atoms with E-state index in [0.29, 0.717) is 19.1 Å².